The molecule has 2 aromatic rings. The number of ether oxygens (including phenoxy) is 1. The Morgan fingerprint density at radius 1 is 1.04 bits per heavy atom. The molecule has 3 rings (SSSR count). The summed E-state index contributed by atoms with van der Waals surface area (Å²) in [4.78, 5) is 11.6. The number of rotatable bonds is 4. The second-order valence-electron chi connectivity index (χ2n) is 5.48. The van der Waals surface area contributed by atoms with Gasteiger partial charge >= 0.3 is 5.97 Å². The molecule has 0 heterocycles. The number of carbonyl (C=O) groups is 1. The molecule has 0 aliphatic heterocycles. The number of benzene rings is 2. The van der Waals surface area contributed by atoms with Gasteiger partial charge in [0.25, 0.3) is 0 Å². The molecule has 1 atom stereocenters. The summed E-state index contributed by atoms with van der Waals surface area (Å²) in [6, 6.07) is 17.7. The Bertz CT molecular complexity index is 772. The summed E-state index contributed by atoms with van der Waals surface area (Å²) < 4.78 is 5.43. The number of allylic oxidation sites excluding steroid dienone is 3. The number of aliphatic carboxylic acids is 1. The Morgan fingerprint density at radius 3 is 2.43 bits per heavy atom. The lowest BCUT2D eigenvalue weighted by atomic mass is 9.80. The molecule has 0 bridgehead atoms. The number of carboxylic acid groups (broad SMARTS) is 1. The summed E-state index contributed by atoms with van der Waals surface area (Å²) >= 11 is 0. The number of para-hydroxylation sites is 1. The van der Waals surface area contributed by atoms with E-state index in [0.29, 0.717) is 12.0 Å². The largest absolute Gasteiger partial charge is 0.496 e. The van der Waals surface area contributed by atoms with Crippen molar-refractivity contribution in [2.24, 2.45) is 0 Å². The lowest BCUT2D eigenvalue weighted by Gasteiger charge is -2.25. The van der Waals surface area contributed by atoms with Crippen LogP contribution in [0.1, 0.15) is 23.5 Å². The van der Waals surface area contributed by atoms with Gasteiger partial charge in [0.2, 0.25) is 0 Å². The van der Waals surface area contributed by atoms with Crippen molar-refractivity contribution in [3.63, 3.8) is 0 Å². The van der Waals surface area contributed by atoms with E-state index in [1.54, 1.807) is 13.2 Å². The van der Waals surface area contributed by atoms with Gasteiger partial charge in [-0.25, -0.2) is 4.79 Å². The summed E-state index contributed by atoms with van der Waals surface area (Å²) in [5.41, 5.74) is 3.55. The summed E-state index contributed by atoms with van der Waals surface area (Å²) in [5, 5.41) is 9.55. The van der Waals surface area contributed by atoms with E-state index in [2.05, 4.69) is 0 Å². The van der Waals surface area contributed by atoms with Gasteiger partial charge in [-0.05, 0) is 23.6 Å². The van der Waals surface area contributed by atoms with Crippen molar-refractivity contribution in [3.05, 3.63) is 83.4 Å². The molecule has 1 N–H and O–H groups in total. The fraction of sp³-hybridized carbons (Fsp3) is 0.150. The number of hydrogen-bond acceptors (Lipinski definition) is 2. The third-order valence-corrected chi connectivity index (χ3v) is 4.17. The predicted molar refractivity (Wildman–Crippen MR) is 90.5 cm³/mol. The van der Waals surface area contributed by atoms with Crippen LogP contribution in [0.5, 0.6) is 5.75 Å². The Morgan fingerprint density at radius 2 is 1.74 bits per heavy atom. The standard InChI is InChI=1S/C20H18O3/c1-23-19-10-6-5-9-16(19)18-13-15(11-12-17(18)20(21)22)14-7-3-2-4-8-14/h2-12,18H,13H2,1H3,(H,21,22). The highest BCUT2D eigenvalue weighted by atomic mass is 16.5. The van der Waals surface area contributed by atoms with E-state index < -0.39 is 5.97 Å². The Labute approximate surface area is 135 Å². The summed E-state index contributed by atoms with van der Waals surface area (Å²) in [6.45, 7) is 0. The molecule has 2 aromatic carbocycles. The van der Waals surface area contributed by atoms with Crippen molar-refractivity contribution in [3.8, 4) is 5.75 Å². The number of carboxylic acids is 1. The van der Waals surface area contributed by atoms with Gasteiger partial charge in [-0.3, -0.25) is 0 Å². The second-order valence-corrected chi connectivity index (χ2v) is 5.48. The molecule has 0 spiro atoms. The van der Waals surface area contributed by atoms with Gasteiger partial charge in [-0.2, -0.15) is 0 Å². The van der Waals surface area contributed by atoms with Crippen LogP contribution in [0.15, 0.2) is 72.3 Å². The quantitative estimate of drug-likeness (QED) is 0.917. The lowest BCUT2D eigenvalue weighted by Crippen LogP contribution is -2.15. The van der Waals surface area contributed by atoms with Crippen LogP contribution in [0.3, 0.4) is 0 Å². The first-order valence-corrected chi connectivity index (χ1v) is 7.53. The van der Waals surface area contributed by atoms with Crippen LogP contribution < -0.4 is 4.74 Å². The summed E-state index contributed by atoms with van der Waals surface area (Å²) in [6.07, 6.45) is 4.26. The third kappa shape index (κ3) is 3.04. The van der Waals surface area contributed by atoms with Crippen LogP contribution in [0.2, 0.25) is 0 Å². The van der Waals surface area contributed by atoms with E-state index >= 15 is 0 Å². The predicted octanol–water partition coefficient (Wildman–Crippen LogP) is 4.28. The Kier molecular flexibility index (Phi) is 4.29. The fourth-order valence-electron chi connectivity index (χ4n) is 3.02. The van der Waals surface area contributed by atoms with Gasteiger partial charge in [0.05, 0.1) is 7.11 Å². The van der Waals surface area contributed by atoms with Crippen molar-refractivity contribution < 1.29 is 14.6 Å². The van der Waals surface area contributed by atoms with Crippen molar-refractivity contribution in [1.82, 2.24) is 0 Å². The lowest BCUT2D eigenvalue weighted by molar-refractivity contribution is -0.133. The Hall–Kier alpha value is -2.81. The highest BCUT2D eigenvalue weighted by Crippen LogP contribution is 2.41. The van der Waals surface area contributed by atoms with Crippen LogP contribution in [-0.4, -0.2) is 18.2 Å². The molecule has 0 saturated carbocycles. The topological polar surface area (TPSA) is 46.5 Å². The molecule has 0 amide bonds. The van der Waals surface area contributed by atoms with Gasteiger partial charge < -0.3 is 9.84 Å². The minimum Gasteiger partial charge on any atom is -0.496 e. The van der Waals surface area contributed by atoms with E-state index in [-0.39, 0.29) is 5.92 Å². The van der Waals surface area contributed by atoms with Crippen LogP contribution in [0.25, 0.3) is 5.57 Å². The van der Waals surface area contributed by atoms with Gasteiger partial charge in [0, 0.05) is 17.1 Å². The van der Waals surface area contributed by atoms with E-state index in [1.807, 2.05) is 60.7 Å². The Balaban J connectivity index is 2.04. The monoisotopic (exact) mass is 306 g/mol. The molecular weight excluding hydrogens is 288 g/mol. The smallest absolute Gasteiger partial charge is 0.332 e. The third-order valence-electron chi connectivity index (χ3n) is 4.17. The van der Waals surface area contributed by atoms with Crippen molar-refractivity contribution >= 4 is 11.5 Å². The molecule has 0 radical (unpaired) electrons. The first-order chi connectivity index (χ1) is 11.2. The molecule has 3 heteroatoms. The molecule has 0 aromatic heterocycles. The zero-order chi connectivity index (χ0) is 16.2. The van der Waals surface area contributed by atoms with Crippen LogP contribution in [0.4, 0.5) is 0 Å². The number of hydrogen-bond donors (Lipinski definition) is 1. The summed E-state index contributed by atoms with van der Waals surface area (Å²) in [5.74, 6) is -0.382. The number of methoxy groups -OCH3 is 1. The minimum absolute atomic E-state index is 0.219. The van der Waals surface area contributed by atoms with E-state index in [4.69, 9.17) is 4.74 Å². The zero-order valence-corrected chi connectivity index (χ0v) is 12.9. The molecule has 3 nitrogen and oxygen atoms in total. The second kappa shape index (κ2) is 6.53. The first-order valence-electron chi connectivity index (χ1n) is 7.53. The highest BCUT2D eigenvalue weighted by molar-refractivity contribution is 5.91. The molecular formula is C20H18O3. The maximum Gasteiger partial charge on any atom is 0.332 e. The normalized spacial score (nSPS) is 17.2. The molecule has 0 saturated heterocycles. The maximum atomic E-state index is 11.6. The maximum absolute atomic E-state index is 11.6. The minimum atomic E-state index is -0.885. The van der Waals surface area contributed by atoms with Crippen molar-refractivity contribution in [2.45, 2.75) is 12.3 Å². The van der Waals surface area contributed by atoms with Crippen LogP contribution >= 0.6 is 0 Å². The zero-order valence-electron chi connectivity index (χ0n) is 12.9. The fourth-order valence-corrected chi connectivity index (χ4v) is 3.02. The van der Waals surface area contributed by atoms with Crippen molar-refractivity contribution in [1.29, 1.82) is 0 Å². The molecule has 1 aliphatic rings. The summed E-state index contributed by atoms with van der Waals surface area (Å²) in [7, 11) is 1.61. The van der Waals surface area contributed by atoms with Gasteiger partial charge in [0.1, 0.15) is 5.75 Å². The molecule has 116 valence electrons. The average molecular weight is 306 g/mol. The van der Waals surface area contributed by atoms with E-state index in [9.17, 15) is 9.90 Å². The van der Waals surface area contributed by atoms with Crippen molar-refractivity contribution in [2.75, 3.05) is 7.11 Å². The molecule has 0 fully saturated rings. The van der Waals surface area contributed by atoms with Gasteiger partial charge in [-0.1, -0.05) is 60.7 Å². The average Bonchev–Trinajstić information content (AvgIpc) is 2.61. The van der Waals surface area contributed by atoms with Crippen LogP contribution in [-0.2, 0) is 4.79 Å². The molecule has 1 unspecified atom stereocenters. The van der Waals surface area contributed by atoms with E-state index in [0.717, 1.165) is 22.4 Å². The van der Waals surface area contributed by atoms with E-state index in [1.165, 1.54) is 0 Å². The van der Waals surface area contributed by atoms with Gasteiger partial charge in [0.15, 0.2) is 0 Å². The molecule has 1 aliphatic carbocycles. The SMILES string of the molecule is COc1ccccc1C1CC(c2ccccc2)=CC=C1C(=O)O. The van der Waals surface area contributed by atoms with Gasteiger partial charge in [-0.15, -0.1) is 0 Å². The first kappa shape index (κ1) is 15.1. The highest BCUT2D eigenvalue weighted by Gasteiger charge is 2.28. The molecule has 23 heavy (non-hydrogen) atoms. The van der Waals surface area contributed by atoms with Crippen LogP contribution in [0, 0.1) is 0 Å².